The predicted molar refractivity (Wildman–Crippen MR) is 68.5 cm³/mol. The Balaban J connectivity index is 2.49. The molecule has 0 amide bonds. The van der Waals surface area contributed by atoms with E-state index in [0.29, 0.717) is 13.1 Å². The summed E-state index contributed by atoms with van der Waals surface area (Å²) in [5.74, 6) is 0. The topological polar surface area (TPSA) is 69.5 Å². The molecule has 0 aliphatic rings. The van der Waals surface area contributed by atoms with Gasteiger partial charge in [0.25, 0.3) is 0 Å². The lowest BCUT2D eigenvalue weighted by Crippen LogP contribution is -2.30. The number of anilines is 1. The molecule has 6 heteroatoms. The molecule has 5 nitrogen and oxygen atoms in total. The fraction of sp³-hybridized carbons (Fsp3) is 0.455. The first-order valence-electron chi connectivity index (χ1n) is 5.46. The zero-order valence-corrected chi connectivity index (χ0v) is 10.4. The van der Waals surface area contributed by atoms with Crippen LogP contribution in [0.4, 0.5) is 5.69 Å². The number of aromatic nitrogens is 2. The Morgan fingerprint density at radius 1 is 1.18 bits per heavy atom. The summed E-state index contributed by atoms with van der Waals surface area (Å²) in [4.78, 5) is 1.94. The van der Waals surface area contributed by atoms with E-state index in [-0.39, 0.29) is 13.2 Å². The standard InChI is InChI=1S/C11H15N3O2S/c1-8-2-3-9-10(13-17-12-9)11(8)14(4-6-15)5-7-16/h2-3,15-16H,4-7H2,1H3. The number of aliphatic hydroxyl groups excluding tert-OH is 2. The van der Waals surface area contributed by atoms with Gasteiger partial charge in [-0.15, -0.1) is 0 Å². The monoisotopic (exact) mass is 253 g/mol. The molecule has 2 N–H and O–H groups in total. The van der Waals surface area contributed by atoms with Gasteiger partial charge >= 0.3 is 0 Å². The molecule has 0 spiro atoms. The molecule has 0 fully saturated rings. The van der Waals surface area contributed by atoms with E-state index in [2.05, 4.69) is 8.75 Å². The normalized spacial score (nSPS) is 11.0. The van der Waals surface area contributed by atoms with Crippen LogP contribution in [0, 0.1) is 6.92 Å². The first-order chi connectivity index (χ1) is 8.27. The molecule has 2 rings (SSSR count). The molecule has 92 valence electrons. The van der Waals surface area contributed by atoms with Crippen LogP contribution < -0.4 is 4.90 Å². The maximum atomic E-state index is 9.08. The van der Waals surface area contributed by atoms with Crippen molar-refractivity contribution >= 4 is 28.4 Å². The molecule has 0 saturated heterocycles. The lowest BCUT2D eigenvalue weighted by molar-refractivity contribution is 0.281. The summed E-state index contributed by atoms with van der Waals surface area (Å²) in [6.07, 6.45) is 0. The van der Waals surface area contributed by atoms with Crippen LogP contribution in [0.2, 0.25) is 0 Å². The van der Waals surface area contributed by atoms with E-state index in [1.807, 2.05) is 24.0 Å². The Hall–Kier alpha value is -1.24. The molecule has 0 aliphatic carbocycles. The van der Waals surface area contributed by atoms with Gasteiger partial charge in [0.05, 0.1) is 30.6 Å². The van der Waals surface area contributed by atoms with Crippen molar-refractivity contribution in [1.82, 2.24) is 8.75 Å². The van der Waals surface area contributed by atoms with Crippen LogP contribution in [0.15, 0.2) is 12.1 Å². The molecule has 1 aromatic heterocycles. The molecule has 17 heavy (non-hydrogen) atoms. The summed E-state index contributed by atoms with van der Waals surface area (Å²) in [7, 11) is 0. The van der Waals surface area contributed by atoms with Gasteiger partial charge in [-0.25, -0.2) is 0 Å². The first kappa shape index (κ1) is 12.2. The molecule has 0 aliphatic heterocycles. The first-order valence-corrected chi connectivity index (χ1v) is 6.19. The quantitative estimate of drug-likeness (QED) is 0.824. The molecular weight excluding hydrogens is 238 g/mol. The number of rotatable bonds is 5. The minimum absolute atomic E-state index is 0.0490. The van der Waals surface area contributed by atoms with Gasteiger partial charge in [-0.1, -0.05) is 6.07 Å². The van der Waals surface area contributed by atoms with E-state index in [4.69, 9.17) is 10.2 Å². The van der Waals surface area contributed by atoms with E-state index in [9.17, 15) is 0 Å². The highest BCUT2D eigenvalue weighted by atomic mass is 32.1. The van der Waals surface area contributed by atoms with Gasteiger partial charge in [-0.05, 0) is 18.6 Å². The number of benzene rings is 1. The number of fused-ring (bicyclic) bond motifs is 1. The number of aliphatic hydroxyl groups is 2. The highest BCUT2D eigenvalue weighted by Gasteiger charge is 2.14. The van der Waals surface area contributed by atoms with E-state index >= 15 is 0 Å². The third-order valence-corrected chi connectivity index (χ3v) is 3.20. The largest absolute Gasteiger partial charge is 0.395 e. The van der Waals surface area contributed by atoms with Crippen LogP contribution in [0.3, 0.4) is 0 Å². The van der Waals surface area contributed by atoms with Crippen molar-refractivity contribution in [3.05, 3.63) is 17.7 Å². The number of hydrogen-bond donors (Lipinski definition) is 2. The minimum atomic E-state index is 0.0490. The van der Waals surface area contributed by atoms with Crippen LogP contribution in [-0.4, -0.2) is 45.3 Å². The SMILES string of the molecule is Cc1ccc2nsnc2c1N(CCO)CCO. The van der Waals surface area contributed by atoms with Gasteiger partial charge in [0.15, 0.2) is 0 Å². The average molecular weight is 253 g/mol. The Bertz CT molecular complexity index is 494. The summed E-state index contributed by atoms with van der Waals surface area (Å²) >= 11 is 1.18. The van der Waals surface area contributed by atoms with Crippen molar-refractivity contribution in [2.24, 2.45) is 0 Å². The zero-order chi connectivity index (χ0) is 12.3. The second-order valence-electron chi connectivity index (χ2n) is 3.80. The van der Waals surface area contributed by atoms with Crippen LogP contribution in [0.1, 0.15) is 5.56 Å². The number of nitrogens with zero attached hydrogens (tertiary/aromatic N) is 3. The Morgan fingerprint density at radius 3 is 2.53 bits per heavy atom. The van der Waals surface area contributed by atoms with Gasteiger partial charge in [0, 0.05) is 13.1 Å². The predicted octanol–water partition coefficient (Wildman–Crippen LogP) is 0.791. The Kier molecular flexibility index (Phi) is 3.88. The average Bonchev–Trinajstić information content (AvgIpc) is 2.77. The molecule has 0 unspecified atom stereocenters. The van der Waals surface area contributed by atoms with E-state index in [1.54, 1.807) is 0 Å². The van der Waals surface area contributed by atoms with Gasteiger partial charge in [0.1, 0.15) is 11.0 Å². The minimum Gasteiger partial charge on any atom is -0.395 e. The van der Waals surface area contributed by atoms with Crippen LogP contribution in [0.25, 0.3) is 11.0 Å². The zero-order valence-electron chi connectivity index (χ0n) is 9.63. The Labute approximate surface area is 104 Å². The summed E-state index contributed by atoms with van der Waals surface area (Å²) < 4.78 is 8.49. The third-order valence-electron chi connectivity index (χ3n) is 2.66. The summed E-state index contributed by atoms with van der Waals surface area (Å²) in [6, 6.07) is 3.93. The van der Waals surface area contributed by atoms with Gasteiger partial charge in [0.2, 0.25) is 0 Å². The number of aryl methyl sites for hydroxylation is 1. The molecule has 0 saturated carbocycles. The van der Waals surface area contributed by atoms with E-state index in [1.165, 1.54) is 11.7 Å². The van der Waals surface area contributed by atoms with Crippen LogP contribution in [0.5, 0.6) is 0 Å². The molecule has 1 aromatic carbocycles. The summed E-state index contributed by atoms with van der Waals surface area (Å²) in [6.45, 7) is 3.06. The van der Waals surface area contributed by atoms with Crippen molar-refractivity contribution in [3.63, 3.8) is 0 Å². The number of hydrogen-bond acceptors (Lipinski definition) is 6. The van der Waals surface area contributed by atoms with Crippen molar-refractivity contribution in [1.29, 1.82) is 0 Å². The van der Waals surface area contributed by atoms with Crippen molar-refractivity contribution < 1.29 is 10.2 Å². The molecule has 0 bridgehead atoms. The van der Waals surface area contributed by atoms with E-state index in [0.717, 1.165) is 22.3 Å². The van der Waals surface area contributed by atoms with Crippen LogP contribution in [-0.2, 0) is 0 Å². The molecule has 0 atom stereocenters. The lowest BCUT2D eigenvalue weighted by Gasteiger charge is -2.24. The molecular formula is C11H15N3O2S. The maximum Gasteiger partial charge on any atom is 0.128 e. The molecule has 2 aromatic rings. The second kappa shape index (κ2) is 5.39. The fourth-order valence-electron chi connectivity index (χ4n) is 1.91. The maximum absolute atomic E-state index is 9.08. The van der Waals surface area contributed by atoms with Gasteiger partial charge in [-0.3, -0.25) is 0 Å². The molecule has 0 radical (unpaired) electrons. The van der Waals surface area contributed by atoms with Gasteiger partial charge < -0.3 is 15.1 Å². The molecule has 1 heterocycles. The second-order valence-corrected chi connectivity index (χ2v) is 4.33. The summed E-state index contributed by atoms with van der Waals surface area (Å²) in [5, 5.41) is 18.2. The fourth-order valence-corrected chi connectivity index (χ4v) is 2.45. The van der Waals surface area contributed by atoms with Crippen molar-refractivity contribution in [2.45, 2.75) is 6.92 Å². The lowest BCUT2D eigenvalue weighted by atomic mass is 10.1. The highest BCUT2D eigenvalue weighted by molar-refractivity contribution is 7.00. The van der Waals surface area contributed by atoms with Gasteiger partial charge in [-0.2, -0.15) is 8.75 Å². The van der Waals surface area contributed by atoms with Crippen LogP contribution >= 0.6 is 11.7 Å². The van der Waals surface area contributed by atoms with E-state index < -0.39 is 0 Å². The van der Waals surface area contributed by atoms with Crippen molar-refractivity contribution in [2.75, 3.05) is 31.2 Å². The van der Waals surface area contributed by atoms with Crippen molar-refractivity contribution in [3.8, 4) is 0 Å². The third kappa shape index (κ3) is 2.38. The summed E-state index contributed by atoms with van der Waals surface area (Å²) in [5.41, 5.74) is 3.74. The Morgan fingerprint density at radius 2 is 1.88 bits per heavy atom. The smallest absolute Gasteiger partial charge is 0.128 e. The highest BCUT2D eigenvalue weighted by Crippen LogP contribution is 2.28.